The zero-order chi connectivity index (χ0) is 52.7. The van der Waals surface area contributed by atoms with Crippen molar-refractivity contribution < 1.29 is 88.4 Å². The second kappa shape index (κ2) is 47.2. The lowest BCUT2D eigenvalue weighted by Gasteiger charge is -2.17. The molecule has 0 aromatic heterocycles. The molecule has 0 aromatic carbocycles. The minimum atomic E-state index is -1.23. The van der Waals surface area contributed by atoms with E-state index in [1.165, 1.54) is 65.0 Å². The molecule has 388 valence electrons. The van der Waals surface area contributed by atoms with Crippen molar-refractivity contribution in [1.82, 2.24) is 21.3 Å². The molecule has 3 atom stereocenters. The maximum Gasteiger partial charge on any atom is 0.362 e. The van der Waals surface area contributed by atoms with Gasteiger partial charge in [-0.25, -0.2) is 4.79 Å². The molecule has 4 aliphatic heterocycles. The smallest absolute Gasteiger partial charge is 0.362 e. The number of nitrogens with zero attached hydrogens (tertiary/aromatic N) is 1. The van der Waals surface area contributed by atoms with Gasteiger partial charge in [-0.05, 0) is 25.2 Å². The van der Waals surface area contributed by atoms with Crippen LogP contribution in [0.2, 0.25) is 0 Å². The van der Waals surface area contributed by atoms with Crippen LogP contribution in [0.4, 0.5) is 0 Å². The first kappa shape index (κ1) is 68.3. The van der Waals surface area contributed by atoms with Crippen LogP contribution < -0.4 is 61.4 Å². The third-order valence-corrected chi connectivity index (χ3v) is 9.52. The highest BCUT2D eigenvalue weighted by molar-refractivity contribution is 5.78. The molecule has 3 saturated heterocycles. The van der Waals surface area contributed by atoms with Crippen molar-refractivity contribution in [3.05, 3.63) is 50.2 Å². The first-order valence-corrected chi connectivity index (χ1v) is 22.5. The van der Waals surface area contributed by atoms with Crippen LogP contribution in [0.1, 0.15) is 85.0 Å². The van der Waals surface area contributed by atoms with Crippen molar-refractivity contribution in [1.29, 1.82) is 0 Å². The van der Waals surface area contributed by atoms with Gasteiger partial charge in [-0.3, -0.25) is 19.2 Å². The molecule has 3 fully saturated rings. The summed E-state index contributed by atoms with van der Waals surface area (Å²) >= 11 is 0. The number of hydrogen-bond donors (Lipinski definition) is 9. The molecular weight excluding hydrogens is 891 g/mol. The fraction of sp³-hybridized carbons (Fsp3) is 0.600. The number of carbonyl (C=O) groups is 9. The highest BCUT2D eigenvalue weighted by Crippen LogP contribution is 1.99. The molecule has 0 aromatic rings. The van der Waals surface area contributed by atoms with Gasteiger partial charge < -0.3 is 80.7 Å². The predicted octanol–water partition coefficient (Wildman–Crippen LogP) is -9.32. The molecule has 0 bridgehead atoms. The van der Waals surface area contributed by atoms with Gasteiger partial charge >= 0.3 is 5.97 Å². The Labute approximate surface area is 401 Å². The van der Waals surface area contributed by atoms with Gasteiger partial charge in [0.2, 0.25) is 23.6 Å². The third kappa shape index (κ3) is 52.3. The van der Waals surface area contributed by atoms with Crippen molar-refractivity contribution in [2.24, 2.45) is 5.10 Å². The average Bonchev–Trinajstić information content (AvgIpc) is 4.16. The highest BCUT2D eigenvalue weighted by Gasteiger charge is 2.34. The van der Waals surface area contributed by atoms with E-state index in [1.807, 2.05) is 12.3 Å². The molecule has 4 heterocycles. The van der Waals surface area contributed by atoms with Crippen LogP contribution in [0.15, 0.2) is 55.3 Å². The van der Waals surface area contributed by atoms with Crippen LogP contribution in [0, 0.1) is 0 Å². The molecule has 3 unspecified atom stereocenters. The summed E-state index contributed by atoms with van der Waals surface area (Å²) in [5, 5.41) is 60.9. The quantitative estimate of drug-likeness (QED) is 0.0455. The van der Waals surface area contributed by atoms with Gasteiger partial charge in [0.05, 0.1) is 89.3 Å². The third-order valence-electron chi connectivity index (χ3n) is 9.52. The van der Waals surface area contributed by atoms with Crippen LogP contribution in [-0.4, -0.2) is 157 Å². The maximum absolute atomic E-state index is 11.0. The Balaban J connectivity index is -0.000000358. The summed E-state index contributed by atoms with van der Waals surface area (Å²) in [5.41, 5.74) is 0. The van der Waals surface area contributed by atoms with E-state index in [1.54, 1.807) is 44.0 Å². The number of rotatable bonds is 18. The predicted molar refractivity (Wildman–Crippen MR) is 245 cm³/mol. The van der Waals surface area contributed by atoms with Crippen LogP contribution in [0.25, 0.3) is 0 Å². The van der Waals surface area contributed by atoms with Gasteiger partial charge in [0.15, 0.2) is 6.04 Å². The van der Waals surface area contributed by atoms with Crippen molar-refractivity contribution in [2.45, 2.75) is 91.0 Å². The summed E-state index contributed by atoms with van der Waals surface area (Å²) in [6.07, 6.45) is 18.1. The Morgan fingerprint density at radius 2 is 1.00 bits per heavy atom. The second-order valence-corrected chi connectivity index (χ2v) is 15.1. The maximum atomic E-state index is 11.0. The fourth-order valence-corrected chi connectivity index (χ4v) is 6.21. The Morgan fingerprint density at radius 1 is 0.632 bits per heavy atom. The Kier molecular flexibility index (Phi) is 47.4. The number of aliphatic carboxylic acids is 5. The number of nitrogens with one attached hydrogen (secondary N) is 8. The second-order valence-electron chi connectivity index (χ2n) is 15.1. The minimum absolute atomic E-state index is 0.0199. The van der Waals surface area contributed by atoms with Crippen LogP contribution >= 0.6 is 0 Å². The molecular formula is C45H79N9O14. The van der Waals surface area contributed by atoms with E-state index in [0.717, 1.165) is 86.9 Å². The minimum Gasteiger partial charge on any atom is -0.550 e. The average molecular weight is 970 g/mol. The lowest BCUT2D eigenvalue weighted by Crippen LogP contribution is -3.14. The van der Waals surface area contributed by atoms with E-state index >= 15 is 0 Å². The van der Waals surface area contributed by atoms with Gasteiger partial charge in [0.25, 0.3) is 0 Å². The number of quaternary nitrogens is 4. The Morgan fingerprint density at radius 3 is 1.29 bits per heavy atom. The molecule has 0 spiro atoms. The van der Waals surface area contributed by atoms with Gasteiger partial charge in [-0.15, -0.1) is 0 Å². The number of amides is 4. The molecule has 23 heteroatoms. The van der Waals surface area contributed by atoms with Crippen LogP contribution in [0.3, 0.4) is 0 Å². The number of carboxylic acids is 5. The van der Waals surface area contributed by atoms with Crippen LogP contribution in [-0.2, 0) is 43.2 Å². The number of carboxylic acid groups (broad SMARTS) is 5. The molecule has 0 saturated carbocycles. The van der Waals surface area contributed by atoms with E-state index in [4.69, 9.17) is 44.7 Å². The number of allylic oxidation sites excluding steroid dienone is 1. The largest absolute Gasteiger partial charge is 0.550 e. The fourth-order valence-electron chi connectivity index (χ4n) is 6.21. The van der Waals surface area contributed by atoms with Crippen molar-refractivity contribution in [3.63, 3.8) is 0 Å². The summed E-state index contributed by atoms with van der Waals surface area (Å²) in [7, 11) is 3.23. The standard InChI is InChI=1S/C9H16N2O3.2C9H18N2O.C7H11N3O.3C3H4O2.C2H4O2/c1-10-8(12)4-6-11-5-2-3-7(11)9(13)14;2*1-9(12)10-5-4-8-11-6-2-3-7-11;1-8-7(11)3-6-10-5-2-4-9-10;3*1-2-3(4)5;1-2(3)4/h7H,2-6H2,1H3,(H,10,12)(H,13,14);2*2-8H2,1H3,(H,10,12);2,4-5H,3,6H2,1H3,(H,8,11);3*2H,1H2,(H,4,5);1H3,(H,3,4). The van der Waals surface area contributed by atoms with Crippen molar-refractivity contribution in [2.75, 3.05) is 86.1 Å². The van der Waals surface area contributed by atoms with E-state index in [9.17, 15) is 24.0 Å². The molecule has 9 N–H and O–H groups in total. The Bertz CT molecular complexity index is 1470. The topological polar surface area (TPSA) is 344 Å². The zero-order valence-electron chi connectivity index (χ0n) is 40.7. The molecule has 4 aliphatic rings. The van der Waals surface area contributed by atoms with Gasteiger partial charge in [-0.2, -0.15) is 5.01 Å². The number of carbonyl (C=O) groups excluding carboxylic acids is 8. The first-order chi connectivity index (χ1) is 32.1. The number of likely N-dealkylation sites (tertiary alicyclic amines) is 3. The van der Waals surface area contributed by atoms with Crippen LogP contribution in [0.5, 0.6) is 0 Å². The van der Waals surface area contributed by atoms with E-state index < -0.39 is 29.8 Å². The lowest BCUT2D eigenvalue weighted by molar-refractivity contribution is -0.903. The van der Waals surface area contributed by atoms with Gasteiger partial charge in [0, 0.05) is 104 Å². The summed E-state index contributed by atoms with van der Waals surface area (Å²) < 4.78 is 0. The van der Waals surface area contributed by atoms with Gasteiger partial charge in [0.1, 0.15) is 12.7 Å². The van der Waals surface area contributed by atoms with Crippen molar-refractivity contribution in [3.8, 4) is 0 Å². The monoisotopic (exact) mass is 970 g/mol. The van der Waals surface area contributed by atoms with E-state index in [-0.39, 0.29) is 29.7 Å². The number of hydrogen-bond acceptors (Lipinski definition) is 14. The van der Waals surface area contributed by atoms with E-state index in [0.29, 0.717) is 19.4 Å². The SMILES string of the molecule is C=CC(=O)[O-].C=CC(=O)[O-].C=CC(=O)[O-].CC(=O)NCCC[NH+]1CCCC1.CC(=O)NCCC[NH+]1CCCC1.CC(=O)[O-].CNC(=O)CC[NH+]1C=CC=N1.CNC(=O)CC[NH+]1CCCC1C(=O)O. The van der Waals surface area contributed by atoms with Gasteiger partial charge in [-0.1, -0.05) is 24.8 Å². The summed E-state index contributed by atoms with van der Waals surface area (Å²) in [4.78, 5) is 94.3. The summed E-state index contributed by atoms with van der Waals surface area (Å²) in [5.74, 6) is -5.30. The normalized spacial score (nSPS) is 16.9. The molecule has 0 aliphatic carbocycles. The molecule has 68 heavy (non-hydrogen) atoms. The molecule has 4 rings (SSSR count). The molecule has 0 radical (unpaired) electrons. The Hall–Kier alpha value is -6.30. The lowest BCUT2D eigenvalue weighted by atomic mass is 10.2. The van der Waals surface area contributed by atoms with Crippen molar-refractivity contribution >= 4 is 59.7 Å². The summed E-state index contributed by atoms with van der Waals surface area (Å²) in [6.45, 7) is 24.5. The molecule has 23 nitrogen and oxygen atoms in total. The molecule has 4 amide bonds. The zero-order valence-corrected chi connectivity index (χ0v) is 40.7. The van der Waals surface area contributed by atoms with E-state index in [2.05, 4.69) is 46.1 Å². The summed E-state index contributed by atoms with van der Waals surface area (Å²) in [6, 6.07) is -0.306. The highest BCUT2D eigenvalue weighted by atomic mass is 16.4. The first-order valence-electron chi connectivity index (χ1n) is 22.5.